The van der Waals surface area contributed by atoms with Crippen molar-refractivity contribution < 1.29 is 23.6 Å². The lowest BCUT2D eigenvalue weighted by atomic mass is 10.1. The molecule has 1 aromatic heterocycles. The zero-order valence-corrected chi connectivity index (χ0v) is 19.8. The Kier molecular flexibility index (Phi) is 7.10. The summed E-state index contributed by atoms with van der Waals surface area (Å²) in [4.78, 5) is 11.0. The first-order valence-electron chi connectivity index (χ1n) is 9.24. The molecule has 0 bridgehead atoms. The van der Waals surface area contributed by atoms with Crippen molar-refractivity contribution in [3.05, 3.63) is 62.9 Å². The van der Waals surface area contributed by atoms with Crippen LogP contribution in [0.1, 0.15) is 37.7 Å². The number of hydrogen-bond donors (Lipinski definition) is 1. The van der Waals surface area contributed by atoms with E-state index in [1.807, 2.05) is 45.0 Å². The molecule has 1 atom stereocenters. The average molecular weight is 539 g/mol. The largest absolute Gasteiger partial charge is 0.591 e. The number of carboxylic acids is 1. The van der Waals surface area contributed by atoms with E-state index >= 15 is 0 Å². The predicted molar refractivity (Wildman–Crippen MR) is 127 cm³/mol. The maximum absolute atomic E-state index is 12.1. The van der Waals surface area contributed by atoms with Gasteiger partial charge in [-0.25, -0.2) is 0 Å². The van der Waals surface area contributed by atoms with Crippen LogP contribution >= 0.6 is 22.6 Å². The molecule has 3 aromatic rings. The zero-order valence-electron chi connectivity index (χ0n) is 16.8. The molecule has 0 aliphatic heterocycles. The summed E-state index contributed by atoms with van der Waals surface area (Å²) in [5.41, 5.74) is 2.29. The molecule has 0 amide bonds. The van der Waals surface area contributed by atoms with Crippen LogP contribution < -0.4 is 4.74 Å². The molecule has 0 saturated carbocycles. The van der Waals surface area contributed by atoms with E-state index in [1.165, 1.54) is 6.21 Å². The molecule has 1 heterocycles. The van der Waals surface area contributed by atoms with Crippen LogP contribution in [0.15, 0.2) is 51.3 Å². The van der Waals surface area contributed by atoms with Gasteiger partial charge in [0.1, 0.15) is 40.3 Å². The van der Waals surface area contributed by atoms with Crippen LogP contribution in [0, 0.1) is 3.57 Å². The van der Waals surface area contributed by atoms with Gasteiger partial charge in [-0.2, -0.15) is 0 Å². The van der Waals surface area contributed by atoms with Crippen molar-refractivity contribution >= 4 is 57.1 Å². The van der Waals surface area contributed by atoms with Crippen molar-refractivity contribution in [2.24, 2.45) is 4.40 Å². The van der Waals surface area contributed by atoms with E-state index in [0.29, 0.717) is 23.7 Å². The van der Waals surface area contributed by atoms with Crippen molar-refractivity contribution in [1.82, 2.24) is 0 Å². The minimum Gasteiger partial charge on any atom is -0.591 e. The number of furan rings is 1. The minimum atomic E-state index is -1.35. The van der Waals surface area contributed by atoms with E-state index in [0.717, 1.165) is 20.1 Å². The number of benzene rings is 2. The Bertz CT molecular complexity index is 1090. The first-order valence-corrected chi connectivity index (χ1v) is 11.4. The molecule has 0 aliphatic carbocycles. The highest BCUT2D eigenvalue weighted by atomic mass is 127. The van der Waals surface area contributed by atoms with Crippen molar-refractivity contribution in [1.29, 1.82) is 0 Å². The number of aliphatic carboxylic acids is 1. The Morgan fingerprint density at radius 3 is 2.73 bits per heavy atom. The molecule has 2 aromatic carbocycles. The minimum absolute atomic E-state index is 0.0902. The third-order valence-electron chi connectivity index (χ3n) is 4.16. The van der Waals surface area contributed by atoms with Crippen LogP contribution in [-0.2, 0) is 29.2 Å². The lowest BCUT2D eigenvalue weighted by molar-refractivity contribution is -0.136. The summed E-state index contributed by atoms with van der Waals surface area (Å²) in [5, 5.41) is 9.95. The molecule has 158 valence electrons. The number of rotatable bonds is 7. The maximum atomic E-state index is 12.1. The number of ether oxygens (including phenoxy) is 1. The van der Waals surface area contributed by atoms with Crippen LogP contribution in [0.5, 0.6) is 5.75 Å². The summed E-state index contributed by atoms with van der Waals surface area (Å²) in [7, 11) is 0. The van der Waals surface area contributed by atoms with Gasteiger partial charge >= 0.3 is 5.97 Å². The molecular weight excluding hydrogens is 517 g/mol. The van der Waals surface area contributed by atoms with Gasteiger partial charge in [0.25, 0.3) is 0 Å². The summed E-state index contributed by atoms with van der Waals surface area (Å²) < 4.78 is 28.4. The second-order valence-corrected chi connectivity index (χ2v) is 10.8. The summed E-state index contributed by atoms with van der Waals surface area (Å²) in [6, 6.07) is 12.9. The Morgan fingerprint density at radius 2 is 2.03 bits per heavy atom. The smallest absolute Gasteiger partial charge is 0.307 e. The van der Waals surface area contributed by atoms with E-state index in [2.05, 4.69) is 27.0 Å². The van der Waals surface area contributed by atoms with Gasteiger partial charge in [0.05, 0.1) is 9.99 Å². The fourth-order valence-corrected chi connectivity index (χ4v) is 4.05. The number of carboxylic acid groups (broad SMARTS) is 1. The fraction of sp³-hybridized carbons (Fsp3) is 0.273. The molecule has 0 radical (unpaired) electrons. The van der Waals surface area contributed by atoms with Gasteiger partial charge < -0.3 is 18.8 Å². The Morgan fingerprint density at radius 1 is 1.30 bits per heavy atom. The van der Waals surface area contributed by atoms with E-state index in [1.54, 1.807) is 18.2 Å². The van der Waals surface area contributed by atoms with Gasteiger partial charge in [0, 0.05) is 10.9 Å². The third-order valence-corrected chi connectivity index (χ3v) is 6.30. The van der Waals surface area contributed by atoms with Crippen LogP contribution in [-0.4, -0.2) is 26.6 Å². The average Bonchev–Trinajstić information content (AvgIpc) is 3.08. The molecule has 1 N–H and O–H groups in total. The molecule has 0 fully saturated rings. The predicted octanol–water partition coefficient (Wildman–Crippen LogP) is 5.12. The highest BCUT2D eigenvalue weighted by Crippen LogP contribution is 2.28. The molecular formula is C22H22INO5S. The van der Waals surface area contributed by atoms with Crippen molar-refractivity contribution in [2.45, 2.75) is 38.5 Å². The van der Waals surface area contributed by atoms with E-state index in [4.69, 9.17) is 14.3 Å². The SMILES string of the molecule is CC(C)(C)[S+]([O-])N=Cc1cc2cc(COc3ccccc3CC(=O)O)cc(I)c2o1. The number of halogens is 1. The standard InChI is InChI=1S/C22H22INO5S/c1-22(2,3)30(27)24-12-17-10-16-8-14(9-18(23)21(16)29-17)13-28-19-7-5-4-6-15(19)11-20(25)26/h4-10,12H,11,13H2,1-3H3,(H,25,26). The quantitative estimate of drug-likeness (QED) is 0.255. The lowest BCUT2D eigenvalue weighted by Crippen LogP contribution is -2.25. The third kappa shape index (κ3) is 5.77. The molecule has 6 nitrogen and oxygen atoms in total. The number of fused-ring (bicyclic) bond motifs is 1. The van der Waals surface area contributed by atoms with Gasteiger partial charge in [-0.15, -0.1) is 0 Å². The second kappa shape index (κ2) is 9.40. The number of carbonyl (C=O) groups is 1. The normalized spacial score (nSPS) is 13.1. The number of para-hydroxylation sites is 1. The number of nitrogens with zero attached hydrogens (tertiary/aromatic N) is 1. The zero-order chi connectivity index (χ0) is 21.9. The monoisotopic (exact) mass is 539 g/mol. The first-order chi connectivity index (χ1) is 14.1. The van der Waals surface area contributed by atoms with Crippen LogP contribution in [0.3, 0.4) is 0 Å². The summed E-state index contributed by atoms with van der Waals surface area (Å²) in [5.74, 6) is 0.187. The van der Waals surface area contributed by atoms with E-state index < -0.39 is 22.1 Å². The molecule has 30 heavy (non-hydrogen) atoms. The van der Waals surface area contributed by atoms with Crippen LogP contribution in [0.25, 0.3) is 11.0 Å². The molecule has 8 heteroatoms. The Labute approximate surface area is 191 Å². The second-order valence-electron chi connectivity index (χ2n) is 7.71. The van der Waals surface area contributed by atoms with E-state index in [9.17, 15) is 9.35 Å². The molecule has 0 aliphatic rings. The highest BCUT2D eigenvalue weighted by Gasteiger charge is 2.26. The van der Waals surface area contributed by atoms with Crippen molar-refractivity contribution in [3.8, 4) is 5.75 Å². The van der Waals surface area contributed by atoms with Gasteiger partial charge in [-0.05, 0) is 73.2 Å². The first kappa shape index (κ1) is 22.6. The Balaban J connectivity index is 1.79. The fourth-order valence-electron chi connectivity index (χ4n) is 2.71. The number of hydrogen-bond acceptors (Lipinski definition) is 5. The lowest BCUT2D eigenvalue weighted by Gasteiger charge is -2.17. The van der Waals surface area contributed by atoms with Gasteiger partial charge in [-0.3, -0.25) is 4.79 Å². The molecule has 0 saturated heterocycles. The topological polar surface area (TPSA) is 95.1 Å². The van der Waals surface area contributed by atoms with Crippen LogP contribution in [0.2, 0.25) is 0 Å². The van der Waals surface area contributed by atoms with Crippen molar-refractivity contribution in [3.63, 3.8) is 0 Å². The van der Waals surface area contributed by atoms with Crippen LogP contribution in [0.4, 0.5) is 0 Å². The van der Waals surface area contributed by atoms with Gasteiger partial charge in [0.15, 0.2) is 5.76 Å². The molecule has 0 spiro atoms. The van der Waals surface area contributed by atoms with Gasteiger partial charge in [0.2, 0.25) is 0 Å². The maximum Gasteiger partial charge on any atom is 0.307 e. The summed E-state index contributed by atoms with van der Waals surface area (Å²) >= 11 is 0.843. The van der Waals surface area contributed by atoms with E-state index in [-0.39, 0.29) is 6.42 Å². The van der Waals surface area contributed by atoms with Crippen molar-refractivity contribution in [2.75, 3.05) is 0 Å². The molecule has 3 rings (SSSR count). The van der Waals surface area contributed by atoms with Gasteiger partial charge in [-0.1, -0.05) is 22.6 Å². The Hall–Kier alpha value is -2.04. The highest BCUT2D eigenvalue weighted by molar-refractivity contribution is 14.1. The molecule has 1 unspecified atom stereocenters. The summed E-state index contributed by atoms with van der Waals surface area (Å²) in [6.07, 6.45) is 1.41. The summed E-state index contributed by atoms with van der Waals surface area (Å²) in [6.45, 7) is 5.89.